The Bertz CT molecular complexity index is 468. The average molecular weight is 303 g/mol. The molecule has 0 aliphatic heterocycles. The molecule has 0 atom stereocenters. The maximum atomic E-state index is 11.8. The van der Waals surface area contributed by atoms with Gasteiger partial charge in [0, 0.05) is 19.9 Å². The van der Waals surface area contributed by atoms with Gasteiger partial charge >= 0.3 is 5.97 Å². The van der Waals surface area contributed by atoms with Crippen molar-refractivity contribution in [3.8, 4) is 0 Å². The molecule has 0 aliphatic carbocycles. The lowest BCUT2D eigenvalue weighted by atomic mass is 10.6. The number of rotatable bonds is 9. The Morgan fingerprint density at radius 3 is 2.17 bits per heavy atom. The molecule has 0 saturated heterocycles. The van der Waals surface area contributed by atoms with Gasteiger partial charge in [-0.05, 0) is 0 Å². The number of sulfone groups is 1. The van der Waals surface area contributed by atoms with Gasteiger partial charge in [0.2, 0.25) is 10.0 Å². The Labute approximate surface area is 107 Å². The molecule has 0 unspecified atom stereocenters. The largest absolute Gasteiger partial charge is 0.480 e. The van der Waals surface area contributed by atoms with Crippen LogP contribution in [0.1, 0.15) is 0 Å². The lowest BCUT2D eigenvalue weighted by molar-refractivity contribution is -0.137. The Morgan fingerprint density at radius 1 is 1.22 bits per heavy atom. The maximum absolute atomic E-state index is 11.8. The average Bonchev–Trinajstić information content (AvgIpc) is 2.20. The van der Waals surface area contributed by atoms with Gasteiger partial charge in [0.05, 0.1) is 18.1 Å². The van der Waals surface area contributed by atoms with Gasteiger partial charge in [-0.1, -0.05) is 0 Å². The lowest BCUT2D eigenvalue weighted by Crippen LogP contribution is -2.40. The van der Waals surface area contributed by atoms with E-state index < -0.39 is 43.9 Å². The first-order valence-corrected chi connectivity index (χ1v) is 8.62. The summed E-state index contributed by atoms with van der Waals surface area (Å²) in [7, 11) is -6.00. The van der Waals surface area contributed by atoms with Crippen molar-refractivity contribution in [3.63, 3.8) is 0 Å². The van der Waals surface area contributed by atoms with E-state index in [1.807, 2.05) is 0 Å². The number of ether oxygens (including phenoxy) is 1. The molecule has 108 valence electrons. The molecule has 0 fully saturated rings. The SMILES string of the molecule is COCCN(CC(=O)O)S(=O)(=O)CCS(C)(=O)=O. The number of carbonyl (C=O) groups is 1. The molecule has 18 heavy (non-hydrogen) atoms. The third-order valence-electron chi connectivity index (χ3n) is 1.96. The van der Waals surface area contributed by atoms with Gasteiger partial charge in [-0.15, -0.1) is 0 Å². The van der Waals surface area contributed by atoms with E-state index in [4.69, 9.17) is 5.11 Å². The van der Waals surface area contributed by atoms with Gasteiger partial charge in [-0.2, -0.15) is 4.31 Å². The third kappa shape index (κ3) is 7.58. The van der Waals surface area contributed by atoms with Crippen LogP contribution < -0.4 is 0 Å². The fourth-order valence-corrected chi connectivity index (χ4v) is 4.02. The van der Waals surface area contributed by atoms with Crippen LogP contribution in [0.3, 0.4) is 0 Å². The highest BCUT2D eigenvalue weighted by molar-refractivity contribution is 7.93. The molecule has 0 radical (unpaired) electrons. The number of nitrogens with zero attached hydrogens (tertiary/aromatic N) is 1. The Kier molecular flexibility index (Phi) is 6.74. The zero-order chi connectivity index (χ0) is 14.4. The van der Waals surface area contributed by atoms with Crippen molar-refractivity contribution < 1.29 is 31.5 Å². The second-order valence-electron chi connectivity index (χ2n) is 3.67. The van der Waals surface area contributed by atoms with E-state index in [-0.39, 0.29) is 13.2 Å². The van der Waals surface area contributed by atoms with E-state index in [0.717, 1.165) is 6.26 Å². The van der Waals surface area contributed by atoms with Crippen LogP contribution >= 0.6 is 0 Å². The quantitative estimate of drug-likeness (QED) is 0.544. The standard InChI is InChI=1S/C8H17NO7S2/c1-16-4-3-9(7-8(10)11)18(14,15)6-5-17(2,12)13/h3-7H2,1-2H3,(H,10,11). The highest BCUT2D eigenvalue weighted by Crippen LogP contribution is 2.03. The second kappa shape index (κ2) is 7.02. The van der Waals surface area contributed by atoms with Gasteiger partial charge in [0.15, 0.2) is 0 Å². The fraction of sp³-hybridized carbons (Fsp3) is 0.875. The topological polar surface area (TPSA) is 118 Å². The number of methoxy groups -OCH3 is 1. The van der Waals surface area contributed by atoms with Crippen molar-refractivity contribution in [1.29, 1.82) is 0 Å². The van der Waals surface area contributed by atoms with Gasteiger partial charge in [-0.25, -0.2) is 16.8 Å². The minimum Gasteiger partial charge on any atom is -0.480 e. The highest BCUT2D eigenvalue weighted by atomic mass is 32.2. The van der Waals surface area contributed by atoms with Crippen molar-refractivity contribution in [2.24, 2.45) is 0 Å². The number of hydrogen-bond donors (Lipinski definition) is 1. The molecule has 0 aromatic rings. The molecule has 0 amide bonds. The van der Waals surface area contributed by atoms with Crippen molar-refractivity contribution in [3.05, 3.63) is 0 Å². The predicted octanol–water partition coefficient (Wildman–Crippen LogP) is -1.61. The number of aliphatic carboxylic acids is 1. The maximum Gasteiger partial charge on any atom is 0.318 e. The minimum atomic E-state index is -3.93. The number of hydrogen-bond acceptors (Lipinski definition) is 6. The van der Waals surface area contributed by atoms with E-state index in [1.54, 1.807) is 0 Å². The fourth-order valence-electron chi connectivity index (χ4n) is 1.05. The van der Waals surface area contributed by atoms with Crippen molar-refractivity contribution in [1.82, 2.24) is 4.31 Å². The molecule has 0 heterocycles. The first-order valence-electron chi connectivity index (χ1n) is 4.95. The molecule has 0 saturated carbocycles. The summed E-state index contributed by atoms with van der Waals surface area (Å²) in [4.78, 5) is 10.6. The van der Waals surface area contributed by atoms with Crippen LogP contribution in [-0.4, -0.2) is 76.8 Å². The van der Waals surface area contributed by atoms with Crippen LogP contribution in [0.2, 0.25) is 0 Å². The van der Waals surface area contributed by atoms with Gasteiger partial charge in [0.1, 0.15) is 16.4 Å². The Balaban J connectivity index is 4.79. The summed E-state index contributed by atoms with van der Waals surface area (Å²) in [6, 6.07) is 0. The van der Waals surface area contributed by atoms with Crippen LogP contribution in [0.25, 0.3) is 0 Å². The minimum absolute atomic E-state index is 0.0331. The number of carboxylic acid groups (broad SMARTS) is 1. The molecular weight excluding hydrogens is 286 g/mol. The normalized spacial score (nSPS) is 12.8. The summed E-state index contributed by atoms with van der Waals surface area (Å²) in [5.74, 6) is -2.49. The summed E-state index contributed by atoms with van der Waals surface area (Å²) >= 11 is 0. The zero-order valence-corrected chi connectivity index (χ0v) is 11.8. The monoisotopic (exact) mass is 303 g/mol. The van der Waals surface area contributed by atoms with Gasteiger partial charge in [-0.3, -0.25) is 4.79 Å². The summed E-state index contributed by atoms with van der Waals surface area (Å²) < 4.78 is 50.7. The third-order valence-corrected chi connectivity index (χ3v) is 4.98. The molecule has 0 spiro atoms. The smallest absolute Gasteiger partial charge is 0.318 e. The van der Waals surface area contributed by atoms with Crippen molar-refractivity contribution >= 4 is 25.8 Å². The molecule has 0 aromatic carbocycles. The first-order chi connectivity index (χ1) is 8.08. The zero-order valence-electron chi connectivity index (χ0n) is 10.2. The summed E-state index contributed by atoms with van der Waals surface area (Å²) in [6.45, 7) is -0.810. The van der Waals surface area contributed by atoms with E-state index in [0.29, 0.717) is 4.31 Å². The summed E-state index contributed by atoms with van der Waals surface area (Å²) in [5, 5.41) is 8.61. The molecule has 8 nitrogen and oxygen atoms in total. The summed E-state index contributed by atoms with van der Waals surface area (Å²) in [6.07, 6.45) is 0.916. The molecule has 0 bridgehead atoms. The van der Waals surface area contributed by atoms with Gasteiger partial charge < -0.3 is 9.84 Å². The Hall–Kier alpha value is -0.710. The Morgan fingerprint density at radius 2 is 1.78 bits per heavy atom. The highest BCUT2D eigenvalue weighted by Gasteiger charge is 2.25. The van der Waals surface area contributed by atoms with Crippen LogP contribution in [0.4, 0.5) is 0 Å². The molecule has 0 aromatic heterocycles. The van der Waals surface area contributed by atoms with E-state index in [9.17, 15) is 21.6 Å². The number of carboxylic acids is 1. The molecule has 10 heteroatoms. The predicted molar refractivity (Wildman–Crippen MR) is 64.6 cm³/mol. The van der Waals surface area contributed by atoms with E-state index >= 15 is 0 Å². The summed E-state index contributed by atoms with van der Waals surface area (Å²) in [5.41, 5.74) is 0. The van der Waals surface area contributed by atoms with Crippen LogP contribution in [0.15, 0.2) is 0 Å². The molecular formula is C8H17NO7S2. The molecule has 0 aliphatic rings. The van der Waals surface area contributed by atoms with E-state index in [2.05, 4.69) is 4.74 Å². The van der Waals surface area contributed by atoms with Crippen molar-refractivity contribution in [2.75, 3.05) is 44.6 Å². The van der Waals surface area contributed by atoms with Crippen molar-refractivity contribution in [2.45, 2.75) is 0 Å². The van der Waals surface area contributed by atoms with Gasteiger partial charge in [0.25, 0.3) is 0 Å². The second-order valence-corrected chi connectivity index (χ2v) is 8.01. The van der Waals surface area contributed by atoms with Crippen LogP contribution in [0.5, 0.6) is 0 Å². The molecule has 0 rings (SSSR count). The van der Waals surface area contributed by atoms with Crippen LogP contribution in [0, 0.1) is 0 Å². The van der Waals surface area contributed by atoms with E-state index in [1.165, 1.54) is 7.11 Å². The van der Waals surface area contributed by atoms with Crippen LogP contribution in [-0.2, 0) is 29.4 Å². The molecule has 1 N–H and O–H groups in total. The first kappa shape index (κ1) is 17.3. The number of sulfonamides is 1. The lowest BCUT2D eigenvalue weighted by Gasteiger charge is -2.19.